The third-order valence-electron chi connectivity index (χ3n) is 2.64. The lowest BCUT2D eigenvalue weighted by Crippen LogP contribution is -2.22. The Hall–Kier alpha value is -0.740. The molecule has 2 N–H and O–H groups in total. The highest BCUT2D eigenvalue weighted by Crippen LogP contribution is 2.30. The first-order chi connectivity index (χ1) is 6.81. The van der Waals surface area contributed by atoms with Crippen LogP contribution in [0.3, 0.4) is 0 Å². The van der Waals surface area contributed by atoms with Gasteiger partial charge in [0.15, 0.2) is 5.78 Å². The lowest BCUT2D eigenvalue weighted by atomic mass is 9.81. The van der Waals surface area contributed by atoms with Crippen molar-refractivity contribution in [2.45, 2.75) is 25.7 Å². The molecule has 1 saturated carbocycles. The van der Waals surface area contributed by atoms with Crippen molar-refractivity contribution in [1.82, 2.24) is 4.98 Å². The van der Waals surface area contributed by atoms with Gasteiger partial charge in [-0.3, -0.25) is 4.79 Å². The monoisotopic (exact) mass is 210 g/mol. The molecule has 0 bridgehead atoms. The van der Waals surface area contributed by atoms with Crippen LogP contribution in [0.1, 0.15) is 34.8 Å². The highest BCUT2D eigenvalue weighted by atomic mass is 32.1. The van der Waals surface area contributed by atoms with Gasteiger partial charge in [0.25, 0.3) is 0 Å². The van der Waals surface area contributed by atoms with Crippen LogP contribution < -0.4 is 5.73 Å². The number of aromatic nitrogens is 1. The number of Topliss-reactive ketones (excluding diaryl/α,β-unsaturated/α-hetero) is 1. The zero-order valence-electron chi connectivity index (χ0n) is 8.03. The minimum atomic E-state index is 0.232. The topological polar surface area (TPSA) is 56.0 Å². The van der Waals surface area contributed by atoms with Crippen molar-refractivity contribution < 1.29 is 4.79 Å². The summed E-state index contributed by atoms with van der Waals surface area (Å²) in [5, 5.41) is 2.85. The standard InChI is InChI=1S/C10H14N2OS/c11-5-4-9-12-8(6-14-9)10(13)7-2-1-3-7/h6-7H,1-5,11H2. The average molecular weight is 210 g/mol. The molecule has 0 aromatic carbocycles. The van der Waals surface area contributed by atoms with Gasteiger partial charge in [-0.05, 0) is 19.4 Å². The van der Waals surface area contributed by atoms with Crippen molar-refractivity contribution in [2.24, 2.45) is 11.7 Å². The Morgan fingerprint density at radius 1 is 1.64 bits per heavy atom. The van der Waals surface area contributed by atoms with Crippen LogP contribution in [-0.4, -0.2) is 17.3 Å². The van der Waals surface area contributed by atoms with E-state index in [-0.39, 0.29) is 11.7 Å². The lowest BCUT2D eigenvalue weighted by molar-refractivity contribution is 0.0850. The van der Waals surface area contributed by atoms with Crippen LogP contribution in [0.5, 0.6) is 0 Å². The number of hydrogen-bond donors (Lipinski definition) is 1. The molecular weight excluding hydrogens is 196 g/mol. The third-order valence-corrected chi connectivity index (χ3v) is 3.55. The molecule has 14 heavy (non-hydrogen) atoms. The molecule has 76 valence electrons. The van der Waals surface area contributed by atoms with Gasteiger partial charge in [-0.1, -0.05) is 6.42 Å². The molecule has 0 aliphatic heterocycles. The Bertz CT molecular complexity index is 331. The molecule has 1 aromatic rings. The van der Waals surface area contributed by atoms with E-state index in [2.05, 4.69) is 4.98 Å². The number of ketones is 1. The van der Waals surface area contributed by atoms with Gasteiger partial charge < -0.3 is 5.73 Å². The van der Waals surface area contributed by atoms with Gasteiger partial charge in [-0.25, -0.2) is 4.98 Å². The van der Waals surface area contributed by atoms with E-state index in [9.17, 15) is 4.79 Å². The van der Waals surface area contributed by atoms with Crippen molar-refractivity contribution >= 4 is 17.1 Å². The molecule has 1 aliphatic rings. The van der Waals surface area contributed by atoms with E-state index in [1.807, 2.05) is 5.38 Å². The Balaban J connectivity index is 2.04. The van der Waals surface area contributed by atoms with Gasteiger partial charge >= 0.3 is 0 Å². The van der Waals surface area contributed by atoms with Gasteiger partial charge in [0.05, 0.1) is 5.01 Å². The maximum atomic E-state index is 11.8. The summed E-state index contributed by atoms with van der Waals surface area (Å²) >= 11 is 1.54. The molecule has 4 heteroatoms. The highest BCUT2D eigenvalue weighted by Gasteiger charge is 2.27. The van der Waals surface area contributed by atoms with Crippen LogP contribution in [0.25, 0.3) is 0 Å². The number of hydrogen-bond acceptors (Lipinski definition) is 4. The predicted molar refractivity (Wildman–Crippen MR) is 56.5 cm³/mol. The molecule has 0 radical (unpaired) electrons. The number of carbonyl (C=O) groups excluding carboxylic acids is 1. The first-order valence-corrected chi connectivity index (χ1v) is 5.88. The number of rotatable bonds is 4. The van der Waals surface area contributed by atoms with Crippen molar-refractivity contribution in [3.8, 4) is 0 Å². The lowest BCUT2D eigenvalue weighted by Gasteiger charge is -2.22. The second kappa shape index (κ2) is 4.19. The zero-order valence-corrected chi connectivity index (χ0v) is 8.85. The minimum Gasteiger partial charge on any atom is -0.330 e. The molecule has 1 fully saturated rings. The maximum Gasteiger partial charge on any atom is 0.185 e. The van der Waals surface area contributed by atoms with Gasteiger partial charge in [0, 0.05) is 17.7 Å². The number of nitrogens with zero attached hydrogens (tertiary/aromatic N) is 1. The fourth-order valence-corrected chi connectivity index (χ4v) is 2.35. The summed E-state index contributed by atoms with van der Waals surface area (Å²) in [6.07, 6.45) is 4.06. The second-order valence-corrected chi connectivity index (χ2v) is 4.60. The molecular formula is C10H14N2OS. The minimum absolute atomic E-state index is 0.232. The summed E-state index contributed by atoms with van der Waals surface area (Å²) in [4.78, 5) is 16.0. The molecule has 0 atom stereocenters. The summed E-state index contributed by atoms with van der Waals surface area (Å²) in [6, 6.07) is 0. The number of carbonyl (C=O) groups is 1. The summed E-state index contributed by atoms with van der Waals surface area (Å²) in [5.41, 5.74) is 6.08. The third kappa shape index (κ3) is 1.86. The van der Waals surface area contributed by atoms with E-state index in [0.717, 1.165) is 24.3 Å². The Morgan fingerprint density at radius 2 is 2.43 bits per heavy atom. The van der Waals surface area contributed by atoms with E-state index in [4.69, 9.17) is 5.73 Å². The Kier molecular flexibility index (Phi) is 2.93. The summed E-state index contributed by atoms with van der Waals surface area (Å²) in [5.74, 6) is 0.485. The molecule has 0 saturated heterocycles. The van der Waals surface area contributed by atoms with Gasteiger partial charge in [0.1, 0.15) is 5.69 Å². The molecule has 1 aromatic heterocycles. The van der Waals surface area contributed by atoms with Crippen LogP contribution in [0, 0.1) is 5.92 Å². The van der Waals surface area contributed by atoms with Gasteiger partial charge in [0.2, 0.25) is 0 Å². The van der Waals surface area contributed by atoms with Crippen LogP contribution in [0.2, 0.25) is 0 Å². The molecule has 0 unspecified atom stereocenters. The predicted octanol–water partition coefficient (Wildman–Crippen LogP) is 1.63. The quantitative estimate of drug-likeness (QED) is 0.768. The van der Waals surface area contributed by atoms with Crippen LogP contribution >= 0.6 is 11.3 Å². The Labute approximate surface area is 87.3 Å². The highest BCUT2D eigenvalue weighted by molar-refractivity contribution is 7.09. The van der Waals surface area contributed by atoms with Crippen molar-refractivity contribution in [2.75, 3.05) is 6.54 Å². The fraction of sp³-hybridized carbons (Fsp3) is 0.600. The normalized spacial score (nSPS) is 16.6. The molecule has 2 rings (SSSR count). The van der Waals surface area contributed by atoms with E-state index < -0.39 is 0 Å². The zero-order chi connectivity index (χ0) is 9.97. The Morgan fingerprint density at radius 3 is 3.00 bits per heavy atom. The van der Waals surface area contributed by atoms with Gasteiger partial charge in [-0.2, -0.15) is 0 Å². The van der Waals surface area contributed by atoms with Gasteiger partial charge in [-0.15, -0.1) is 11.3 Å². The van der Waals surface area contributed by atoms with E-state index >= 15 is 0 Å². The molecule has 1 aliphatic carbocycles. The average Bonchev–Trinajstić information content (AvgIpc) is 2.50. The van der Waals surface area contributed by atoms with E-state index in [1.165, 1.54) is 6.42 Å². The SMILES string of the molecule is NCCc1nc(C(=O)C2CCC2)cs1. The van der Waals surface area contributed by atoms with E-state index in [0.29, 0.717) is 12.2 Å². The molecule has 3 nitrogen and oxygen atoms in total. The molecule has 1 heterocycles. The van der Waals surface area contributed by atoms with Crippen LogP contribution in [0.15, 0.2) is 5.38 Å². The van der Waals surface area contributed by atoms with E-state index in [1.54, 1.807) is 11.3 Å². The maximum absolute atomic E-state index is 11.8. The number of thiazole rings is 1. The van der Waals surface area contributed by atoms with Crippen molar-refractivity contribution in [3.05, 3.63) is 16.1 Å². The van der Waals surface area contributed by atoms with Crippen LogP contribution in [0.4, 0.5) is 0 Å². The second-order valence-electron chi connectivity index (χ2n) is 3.66. The molecule has 0 spiro atoms. The summed E-state index contributed by atoms with van der Waals surface area (Å²) in [7, 11) is 0. The molecule has 0 amide bonds. The van der Waals surface area contributed by atoms with Crippen LogP contribution in [-0.2, 0) is 6.42 Å². The first-order valence-electron chi connectivity index (χ1n) is 5.00. The number of nitrogens with two attached hydrogens (primary N) is 1. The van der Waals surface area contributed by atoms with Crippen molar-refractivity contribution in [3.63, 3.8) is 0 Å². The first kappa shape index (κ1) is 9.80. The smallest absolute Gasteiger partial charge is 0.185 e. The summed E-state index contributed by atoms with van der Waals surface area (Å²) < 4.78 is 0. The fourth-order valence-electron chi connectivity index (χ4n) is 1.54. The van der Waals surface area contributed by atoms with Crippen molar-refractivity contribution in [1.29, 1.82) is 0 Å². The summed E-state index contributed by atoms with van der Waals surface area (Å²) in [6.45, 7) is 0.602. The largest absolute Gasteiger partial charge is 0.330 e.